The summed E-state index contributed by atoms with van der Waals surface area (Å²) in [6, 6.07) is 19.5. The second-order valence-corrected chi connectivity index (χ2v) is 6.24. The topological polar surface area (TPSA) is 68.2 Å². The minimum absolute atomic E-state index is 0.327. The van der Waals surface area contributed by atoms with Crippen molar-refractivity contribution in [1.82, 2.24) is 0 Å². The quantitative estimate of drug-likeness (QED) is 0.841. The van der Waals surface area contributed by atoms with E-state index in [0.29, 0.717) is 13.2 Å². The van der Waals surface area contributed by atoms with E-state index < -0.39 is 30.7 Å². The number of hydrogen-bond donors (Lipinski definition) is 2. The lowest BCUT2D eigenvalue weighted by atomic mass is 9.99. The SMILES string of the molecule is C[C@H]1O[C@@H](O)[C@H](O)[C@@H](OCc2ccccc2)[C@@H]1OCc1ccccc1. The van der Waals surface area contributed by atoms with Crippen LogP contribution in [-0.4, -0.2) is 40.9 Å². The van der Waals surface area contributed by atoms with Crippen LogP contribution < -0.4 is 0 Å². The zero-order valence-electron chi connectivity index (χ0n) is 14.2. The van der Waals surface area contributed by atoms with Crippen LogP contribution in [0, 0.1) is 0 Å². The average Bonchev–Trinajstić information content (AvgIpc) is 2.64. The van der Waals surface area contributed by atoms with Gasteiger partial charge in [-0.3, -0.25) is 0 Å². The molecule has 5 nitrogen and oxygen atoms in total. The summed E-state index contributed by atoms with van der Waals surface area (Å²) in [5.74, 6) is 0. The molecule has 1 heterocycles. The second-order valence-electron chi connectivity index (χ2n) is 6.24. The fourth-order valence-corrected chi connectivity index (χ4v) is 2.96. The van der Waals surface area contributed by atoms with Crippen LogP contribution >= 0.6 is 0 Å². The Morgan fingerprint density at radius 2 is 1.28 bits per heavy atom. The highest BCUT2D eigenvalue weighted by Crippen LogP contribution is 2.26. The van der Waals surface area contributed by atoms with Gasteiger partial charge in [0.1, 0.15) is 18.3 Å². The van der Waals surface area contributed by atoms with Crippen molar-refractivity contribution < 1.29 is 24.4 Å². The van der Waals surface area contributed by atoms with E-state index >= 15 is 0 Å². The van der Waals surface area contributed by atoms with Gasteiger partial charge in [-0.05, 0) is 18.1 Å². The highest BCUT2D eigenvalue weighted by atomic mass is 16.7. The van der Waals surface area contributed by atoms with Crippen LogP contribution in [0.15, 0.2) is 60.7 Å². The molecule has 1 aliphatic rings. The van der Waals surface area contributed by atoms with Crippen LogP contribution in [-0.2, 0) is 27.4 Å². The molecule has 0 radical (unpaired) electrons. The molecule has 5 heteroatoms. The first-order valence-electron chi connectivity index (χ1n) is 8.48. The van der Waals surface area contributed by atoms with Crippen molar-refractivity contribution in [3.05, 3.63) is 71.8 Å². The van der Waals surface area contributed by atoms with Crippen LogP contribution in [0.25, 0.3) is 0 Å². The normalized spacial score (nSPS) is 29.5. The monoisotopic (exact) mass is 344 g/mol. The van der Waals surface area contributed by atoms with Gasteiger partial charge < -0.3 is 24.4 Å². The lowest BCUT2D eigenvalue weighted by Gasteiger charge is -2.41. The van der Waals surface area contributed by atoms with Gasteiger partial charge in [-0.25, -0.2) is 0 Å². The van der Waals surface area contributed by atoms with Crippen molar-refractivity contribution in [2.75, 3.05) is 0 Å². The maximum Gasteiger partial charge on any atom is 0.183 e. The molecular formula is C20H24O5. The Balaban J connectivity index is 1.67. The van der Waals surface area contributed by atoms with Crippen molar-refractivity contribution >= 4 is 0 Å². The zero-order valence-corrected chi connectivity index (χ0v) is 14.2. The Morgan fingerprint density at radius 1 is 0.800 bits per heavy atom. The summed E-state index contributed by atoms with van der Waals surface area (Å²) in [4.78, 5) is 0. The molecule has 0 amide bonds. The first-order valence-corrected chi connectivity index (χ1v) is 8.48. The molecule has 2 N–H and O–H groups in total. The molecule has 0 aromatic heterocycles. The summed E-state index contributed by atoms with van der Waals surface area (Å²) in [6.45, 7) is 2.52. The molecule has 1 saturated heterocycles. The van der Waals surface area contributed by atoms with Crippen LogP contribution in [0.2, 0.25) is 0 Å². The molecule has 134 valence electrons. The fourth-order valence-electron chi connectivity index (χ4n) is 2.96. The van der Waals surface area contributed by atoms with Crippen LogP contribution in [0.1, 0.15) is 18.1 Å². The van der Waals surface area contributed by atoms with E-state index in [4.69, 9.17) is 14.2 Å². The van der Waals surface area contributed by atoms with Gasteiger partial charge in [0, 0.05) is 0 Å². The molecule has 2 aromatic carbocycles. The average molecular weight is 344 g/mol. The van der Waals surface area contributed by atoms with Crippen molar-refractivity contribution in [1.29, 1.82) is 0 Å². The van der Waals surface area contributed by atoms with Crippen molar-refractivity contribution in [3.63, 3.8) is 0 Å². The Morgan fingerprint density at radius 3 is 1.80 bits per heavy atom. The minimum Gasteiger partial charge on any atom is -0.385 e. The summed E-state index contributed by atoms with van der Waals surface area (Å²) < 4.78 is 17.3. The lowest BCUT2D eigenvalue weighted by molar-refractivity contribution is -0.297. The first kappa shape index (κ1) is 18.0. The fraction of sp³-hybridized carbons (Fsp3) is 0.400. The number of ether oxygens (including phenoxy) is 3. The van der Waals surface area contributed by atoms with Gasteiger partial charge in [0.05, 0.1) is 19.3 Å². The second kappa shape index (κ2) is 8.56. The molecule has 5 atom stereocenters. The van der Waals surface area contributed by atoms with Gasteiger partial charge >= 0.3 is 0 Å². The smallest absolute Gasteiger partial charge is 0.183 e. The molecule has 3 rings (SSSR count). The van der Waals surface area contributed by atoms with E-state index in [1.165, 1.54) is 0 Å². The molecule has 0 saturated carbocycles. The molecule has 0 aliphatic carbocycles. The lowest BCUT2D eigenvalue weighted by Crippen LogP contribution is -2.58. The van der Waals surface area contributed by atoms with E-state index in [2.05, 4.69) is 0 Å². The van der Waals surface area contributed by atoms with E-state index in [9.17, 15) is 10.2 Å². The van der Waals surface area contributed by atoms with Gasteiger partial charge in [-0.1, -0.05) is 60.7 Å². The van der Waals surface area contributed by atoms with Crippen LogP contribution in [0.4, 0.5) is 0 Å². The summed E-state index contributed by atoms with van der Waals surface area (Å²) in [5, 5.41) is 20.2. The van der Waals surface area contributed by atoms with Crippen LogP contribution in [0.3, 0.4) is 0 Å². The molecule has 0 unspecified atom stereocenters. The molecule has 1 fully saturated rings. The standard InChI is InChI=1S/C20H24O5/c1-14-18(23-12-15-8-4-2-5-9-15)19(17(21)20(22)25-14)24-13-16-10-6-3-7-11-16/h2-11,14,17-22H,12-13H2,1H3/t14-,17-,18-,19-,20-/m1/s1. The highest BCUT2D eigenvalue weighted by molar-refractivity contribution is 5.14. The summed E-state index contributed by atoms with van der Waals surface area (Å²) in [6.07, 6.45) is -4.01. The predicted molar refractivity (Wildman–Crippen MR) is 92.6 cm³/mol. The molecule has 0 bridgehead atoms. The highest BCUT2D eigenvalue weighted by Gasteiger charge is 2.44. The summed E-state index contributed by atoms with van der Waals surface area (Å²) in [7, 11) is 0. The van der Waals surface area contributed by atoms with Crippen molar-refractivity contribution in [3.8, 4) is 0 Å². The van der Waals surface area contributed by atoms with Gasteiger partial charge in [0.15, 0.2) is 6.29 Å². The Hall–Kier alpha value is -1.76. The minimum atomic E-state index is -1.28. The van der Waals surface area contributed by atoms with Gasteiger partial charge in [0.25, 0.3) is 0 Å². The van der Waals surface area contributed by atoms with E-state index in [1.807, 2.05) is 67.6 Å². The Bertz CT molecular complexity index is 633. The zero-order chi connectivity index (χ0) is 17.6. The number of aliphatic hydroxyl groups is 2. The maximum absolute atomic E-state index is 10.3. The van der Waals surface area contributed by atoms with Crippen LogP contribution in [0.5, 0.6) is 0 Å². The van der Waals surface area contributed by atoms with Crippen molar-refractivity contribution in [2.24, 2.45) is 0 Å². The van der Waals surface area contributed by atoms with E-state index in [0.717, 1.165) is 11.1 Å². The van der Waals surface area contributed by atoms with E-state index in [-0.39, 0.29) is 0 Å². The first-order chi connectivity index (χ1) is 12.1. The number of rotatable bonds is 6. The third kappa shape index (κ3) is 4.66. The molecule has 1 aliphatic heterocycles. The van der Waals surface area contributed by atoms with Gasteiger partial charge in [0.2, 0.25) is 0 Å². The number of benzene rings is 2. The molecular weight excluding hydrogens is 320 g/mol. The number of aliphatic hydroxyl groups excluding tert-OH is 2. The molecule has 2 aromatic rings. The third-order valence-electron chi connectivity index (χ3n) is 4.34. The Kier molecular flexibility index (Phi) is 6.18. The largest absolute Gasteiger partial charge is 0.385 e. The molecule has 25 heavy (non-hydrogen) atoms. The summed E-state index contributed by atoms with van der Waals surface area (Å²) in [5.41, 5.74) is 2.02. The molecule has 0 spiro atoms. The van der Waals surface area contributed by atoms with Gasteiger partial charge in [-0.2, -0.15) is 0 Å². The van der Waals surface area contributed by atoms with Gasteiger partial charge in [-0.15, -0.1) is 0 Å². The van der Waals surface area contributed by atoms with E-state index in [1.54, 1.807) is 0 Å². The third-order valence-corrected chi connectivity index (χ3v) is 4.34. The van der Waals surface area contributed by atoms with Crippen molar-refractivity contribution in [2.45, 2.75) is 50.8 Å². The predicted octanol–water partition coefficient (Wildman–Crippen LogP) is 2.26. The summed E-state index contributed by atoms with van der Waals surface area (Å²) >= 11 is 0. The number of hydrogen-bond acceptors (Lipinski definition) is 5. The Labute approximate surface area is 147 Å². The maximum atomic E-state index is 10.3.